The lowest BCUT2D eigenvalue weighted by atomic mass is 10.2. The molecule has 0 saturated heterocycles. The molecule has 0 radical (unpaired) electrons. The lowest BCUT2D eigenvalue weighted by Crippen LogP contribution is -2.20. The van der Waals surface area contributed by atoms with Crippen molar-refractivity contribution in [1.82, 2.24) is 9.55 Å². The maximum absolute atomic E-state index is 13.5. The molecule has 2 aromatic rings. The van der Waals surface area contributed by atoms with Gasteiger partial charge in [0, 0.05) is 24.5 Å². The third kappa shape index (κ3) is 3.34. The maximum atomic E-state index is 13.5. The van der Waals surface area contributed by atoms with Gasteiger partial charge in [-0.25, -0.2) is 9.37 Å². The Balaban J connectivity index is 2.05. The van der Waals surface area contributed by atoms with Crippen LogP contribution in [0.2, 0.25) is 0 Å². The average molecular weight is 276 g/mol. The molecule has 1 amide bonds. The van der Waals surface area contributed by atoms with Crippen LogP contribution in [0.25, 0.3) is 0 Å². The van der Waals surface area contributed by atoms with Gasteiger partial charge in [0.2, 0.25) is 5.91 Å². The maximum Gasteiger partial charge on any atom is 0.244 e. The van der Waals surface area contributed by atoms with Crippen molar-refractivity contribution in [1.29, 1.82) is 0 Å². The molecule has 0 aliphatic heterocycles. The second-order valence-corrected chi connectivity index (χ2v) is 4.51. The van der Waals surface area contributed by atoms with E-state index in [-0.39, 0.29) is 18.1 Å². The highest BCUT2D eigenvalue weighted by Gasteiger charge is 2.10. The summed E-state index contributed by atoms with van der Waals surface area (Å²) in [5.41, 5.74) is 6.06. The molecule has 5 nitrogen and oxygen atoms in total. The topological polar surface area (TPSA) is 72.9 Å². The zero-order valence-electron chi connectivity index (χ0n) is 11.3. The molecule has 0 aliphatic carbocycles. The Kier molecular flexibility index (Phi) is 4.34. The summed E-state index contributed by atoms with van der Waals surface area (Å²) in [5, 5.41) is 2.52. The van der Waals surface area contributed by atoms with E-state index in [1.807, 2.05) is 6.92 Å². The number of aryl methyl sites for hydroxylation is 1. The number of carbonyl (C=O) groups excluding carboxylic acids is 1. The summed E-state index contributed by atoms with van der Waals surface area (Å²) in [4.78, 5) is 16.1. The van der Waals surface area contributed by atoms with Crippen molar-refractivity contribution >= 4 is 17.3 Å². The third-order valence-corrected chi connectivity index (χ3v) is 2.85. The molecule has 1 aromatic heterocycles. The van der Waals surface area contributed by atoms with Gasteiger partial charge in [0.15, 0.2) is 0 Å². The quantitative estimate of drug-likeness (QED) is 0.822. The normalized spacial score (nSPS) is 10.5. The number of nitrogens with zero attached hydrogens (tertiary/aromatic N) is 2. The largest absolute Gasteiger partial charge is 0.399 e. The Labute approximate surface area is 116 Å². The minimum atomic E-state index is -0.507. The minimum Gasteiger partial charge on any atom is -0.399 e. The van der Waals surface area contributed by atoms with Crippen molar-refractivity contribution in [3.8, 4) is 0 Å². The number of rotatable bonds is 5. The zero-order chi connectivity index (χ0) is 14.5. The van der Waals surface area contributed by atoms with Crippen molar-refractivity contribution in [2.24, 2.45) is 0 Å². The molecule has 0 saturated carbocycles. The number of aromatic nitrogens is 2. The Morgan fingerprint density at radius 1 is 1.50 bits per heavy atom. The first-order valence-corrected chi connectivity index (χ1v) is 6.45. The van der Waals surface area contributed by atoms with Crippen LogP contribution in [0, 0.1) is 5.82 Å². The highest BCUT2D eigenvalue weighted by Crippen LogP contribution is 2.17. The molecule has 0 atom stereocenters. The fourth-order valence-electron chi connectivity index (χ4n) is 1.92. The first-order chi connectivity index (χ1) is 9.60. The molecule has 3 N–H and O–H groups in total. The molecule has 0 fully saturated rings. The van der Waals surface area contributed by atoms with Gasteiger partial charge in [-0.1, -0.05) is 6.92 Å². The number of imidazole rings is 1. The van der Waals surface area contributed by atoms with Gasteiger partial charge in [-0.05, 0) is 24.6 Å². The monoisotopic (exact) mass is 276 g/mol. The van der Waals surface area contributed by atoms with E-state index in [0.717, 1.165) is 18.7 Å². The van der Waals surface area contributed by atoms with Crippen LogP contribution < -0.4 is 11.1 Å². The smallest absolute Gasteiger partial charge is 0.244 e. The van der Waals surface area contributed by atoms with E-state index in [9.17, 15) is 9.18 Å². The van der Waals surface area contributed by atoms with E-state index in [2.05, 4.69) is 10.3 Å². The number of nitrogens with one attached hydrogen (secondary N) is 1. The average Bonchev–Trinajstić information content (AvgIpc) is 2.82. The molecule has 0 spiro atoms. The molecule has 6 heteroatoms. The van der Waals surface area contributed by atoms with E-state index in [1.165, 1.54) is 18.2 Å². The molecule has 1 heterocycles. The van der Waals surface area contributed by atoms with Gasteiger partial charge < -0.3 is 15.6 Å². The van der Waals surface area contributed by atoms with Gasteiger partial charge in [0.05, 0.1) is 5.69 Å². The molecule has 0 bridgehead atoms. The number of amides is 1. The second kappa shape index (κ2) is 6.18. The van der Waals surface area contributed by atoms with E-state index in [0.29, 0.717) is 5.69 Å². The van der Waals surface area contributed by atoms with Gasteiger partial charge in [0.1, 0.15) is 18.2 Å². The molecule has 2 rings (SSSR count). The number of nitrogens with two attached hydrogens (primary N) is 1. The lowest BCUT2D eigenvalue weighted by Gasteiger charge is -2.09. The van der Waals surface area contributed by atoms with E-state index >= 15 is 0 Å². The molecule has 0 unspecified atom stereocenters. The van der Waals surface area contributed by atoms with Crippen LogP contribution in [0.5, 0.6) is 0 Å². The Hall–Kier alpha value is -2.37. The molecular formula is C14H17FN4O. The number of carbonyl (C=O) groups is 1. The van der Waals surface area contributed by atoms with Crippen molar-refractivity contribution in [3.63, 3.8) is 0 Å². The molecule has 20 heavy (non-hydrogen) atoms. The summed E-state index contributed by atoms with van der Waals surface area (Å²) >= 11 is 0. The van der Waals surface area contributed by atoms with Crippen LogP contribution in [-0.2, 0) is 17.8 Å². The van der Waals surface area contributed by atoms with Crippen molar-refractivity contribution in [3.05, 3.63) is 42.2 Å². The first kappa shape index (κ1) is 14.0. The van der Waals surface area contributed by atoms with E-state index < -0.39 is 5.82 Å². The molecule has 106 valence electrons. The fraction of sp³-hybridized carbons (Fsp3) is 0.286. The predicted octanol–water partition coefficient (Wildman–Crippen LogP) is 2.20. The number of hydrogen-bond acceptors (Lipinski definition) is 3. The number of hydrogen-bond donors (Lipinski definition) is 2. The summed E-state index contributed by atoms with van der Waals surface area (Å²) in [7, 11) is 0. The van der Waals surface area contributed by atoms with Crippen LogP contribution >= 0.6 is 0 Å². The van der Waals surface area contributed by atoms with Gasteiger partial charge >= 0.3 is 0 Å². The number of benzene rings is 1. The summed E-state index contributed by atoms with van der Waals surface area (Å²) in [5.74, 6) is 0.0208. The highest BCUT2D eigenvalue weighted by molar-refractivity contribution is 5.91. The number of nitrogen functional groups attached to an aromatic ring is 1. The highest BCUT2D eigenvalue weighted by atomic mass is 19.1. The van der Waals surface area contributed by atoms with Crippen LogP contribution in [0.15, 0.2) is 30.6 Å². The van der Waals surface area contributed by atoms with Crippen LogP contribution in [0.3, 0.4) is 0 Å². The van der Waals surface area contributed by atoms with E-state index in [4.69, 9.17) is 5.73 Å². The lowest BCUT2D eigenvalue weighted by molar-refractivity contribution is -0.116. The van der Waals surface area contributed by atoms with Gasteiger partial charge in [-0.3, -0.25) is 4.79 Å². The Morgan fingerprint density at radius 2 is 2.30 bits per heavy atom. The number of halogens is 1. The van der Waals surface area contributed by atoms with Crippen molar-refractivity contribution < 1.29 is 9.18 Å². The summed E-state index contributed by atoms with van der Waals surface area (Å²) < 4.78 is 15.3. The third-order valence-electron chi connectivity index (χ3n) is 2.85. The van der Waals surface area contributed by atoms with Crippen LogP contribution in [-0.4, -0.2) is 15.5 Å². The predicted molar refractivity (Wildman–Crippen MR) is 75.7 cm³/mol. The second-order valence-electron chi connectivity index (χ2n) is 4.51. The van der Waals surface area contributed by atoms with Gasteiger partial charge in [-0.15, -0.1) is 0 Å². The Morgan fingerprint density at radius 3 is 3.05 bits per heavy atom. The van der Waals surface area contributed by atoms with Gasteiger partial charge in [0.25, 0.3) is 0 Å². The summed E-state index contributed by atoms with van der Waals surface area (Å²) in [6, 6.07) is 4.07. The summed E-state index contributed by atoms with van der Waals surface area (Å²) in [6.45, 7) is 2.14. The zero-order valence-corrected chi connectivity index (χ0v) is 11.3. The van der Waals surface area contributed by atoms with Crippen molar-refractivity contribution in [2.75, 3.05) is 11.1 Å². The molecule has 0 aliphatic rings. The SMILES string of the molecule is CCCc1nccn1CC(=O)Nc1cc(N)ccc1F. The van der Waals surface area contributed by atoms with Crippen LogP contribution in [0.4, 0.5) is 15.8 Å². The van der Waals surface area contributed by atoms with Crippen LogP contribution in [0.1, 0.15) is 19.2 Å². The fourth-order valence-corrected chi connectivity index (χ4v) is 1.92. The minimum absolute atomic E-state index is 0.0900. The van der Waals surface area contributed by atoms with Crippen molar-refractivity contribution in [2.45, 2.75) is 26.3 Å². The van der Waals surface area contributed by atoms with E-state index in [1.54, 1.807) is 17.0 Å². The first-order valence-electron chi connectivity index (χ1n) is 6.45. The number of anilines is 2. The summed E-state index contributed by atoms with van der Waals surface area (Å²) in [6.07, 6.45) is 5.13. The molecule has 1 aromatic carbocycles. The van der Waals surface area contributed by atoms with Gasteiger partial charge in [-0.2, -0.15) is 0 Å². The molecular weight excluding hydrogens is 259 g/mol. The Bertz CT molecular complexity index is 609. The standard InChI is InChI=1S/C14H17FN4O/c1-2-3-13-17-6-7-19(13)9-14(20)18-12-8-10(16)4-5-11(12)15/h4-8H,2-3,9,16H2,1H3,(H,18,20).